The van der Waals surface area contributed by atoms with E-state index < -0.39 is 0 Å². The van der Waals surface area contributed by atoms with E-state index >= 15 is 0 Å². The molecule has 16 heavy (non-hydrogen) atoms. The van der Waals surface area contributed by atoms with E-state index in [-0.39, 0.29) is 0 Å². The molecule has 0 bridgehead atoms. The summed E-state index contributed by atoms with van der Waals surface area (Å²) in [5.41, 5.74) is 8.60. The molecule has 0 atom stereocenters. The summed E-state index contributed by atoms with van der Waals surface area (Å²) in [6, 6.07) is 0. The monoisotopic (exact) mass is 221 g/mol. The maximum atomic E-state index is 5.98. The minimum atomic E-state index is 0.716. The molecule has 90 valence electrons. The SMILES string of the molecule is CC1=CC=C(C(N)=NCCN(C)C)CCC1. The molecule has 0 aliphatic heterocycles. The molecule has 0 aromatic rings. The summed E-state index contributed by atoms with van der Waals surface area (Å²) in [6.45, 7) is 3.89. The van der Waals surface area contributed by atoms with Crippen LogP contribution < -0.4 is 5.73 Å². The Labute approximate surface area is 98.7 Å². The van der Waals surface area contributed by atoms with Crippen molar-refractivity contribution in [1.82, 2.24) is 4.90 Å². The summed E-state index contributed by atoms with van der Waals surface area (Å²) < 4.78 is 0. The first-order chi connectivity index (χ1) is 7.59. The van der Waals surface area contributed by atoms with Gasteiger partial charge in [-0.3, -0.25) is 4.99 Å². The van der Waals surface area contributed by atoms with Crippen LogP contribution in [0.1, 0.15) is 26.2 Å². The van der Waals surface area contributed by atoms with Crippen LogP contribution in [0.25, 0.3) is 0 Å². The van der Waals surface area contributed by atoms with Crippen LogP contribution in [0.5, 0.6) is 0 Å². The van der Waals surface area contributed by atoms with E-state index in [1.165, 1.54) is 24.0 Å². The van der Waals surface area contributed by atoms with Gasteiger partial charge in [0, 0.05) is 6.54 Å². The number of aliphatic imine (C=N–C) groups is 1. The average molecular weight is 221 g/mol. The molecule has 0 aromatic carbocycles. The Bertz CT molecular complexity index is 311. The van der Waals surface area contributed by atoms with Crippen LogP contribution in [0.15, 0.2) is 28.3 Å². The Morgan fingerprint density at radius 3 is 2.81 bits per heavy atom. The van der Waals surface area contributed by atoms with E-state index in [2.05, 4.69) is 29.0 Å². The fourth-order valence-corrected chi connectivity index (χ4v) is 1.65. The second-order valence-corrected chi connectivity index (χ2v) is 4.63. The lowest BCUT2D eigenvalue weighted by atomic mass is 10.1. The average Bonchev–Trinajstić information content (AvgIpc) is 2.42. The molecule has 0 heterocycles. The highest BCUT2D eigenvalue weighted by atomic mass is 15.1. The molecule has 1 aliphatic rings. The van der Waals surface area contributed by atoms with Crippen LogP contribution >= 0.6 is 0 Å². The van der Waals surface area contributed by atoms with E-state index in [0.717, 1.165) is 19.5 Å². The topological polar surface area (TPSA) is 41.6 Å². The molecule has 1 aliphatic carbocycles. The van der Waals surface area contributed by atoms with Crippen molar-refractivity contribution in [3.05, 3.63) is 23.3 Å². The minimum absolute atomic E-state index is 0.716. The first-order valence-electron chi connectivity index (χ1n) is 5.91. The van der Waals surface area contributed by atoms with Crippen molar-refractivity contribution in [2.24, 2.45) is 10.7 Å². The first kappa shape index (κ1) is 13.0. The number of rotatable bonds is 4. The maximum Gasteiger partial charge on any atom is 0.121 e. The molecule has 0 amide bonds. The second-order valence-electron chi connectivity index (χ2n) is 4.63. The number of amidine groups is 1. The number of hydrogen-bond donors (Lipinski definition) is 1. The van der Waals surface area contributed by atoms with Gasteiger partial charge < -0.3 is 10.6 Å². The van der Waals surface area contributed by atoms with Gasteiger partial charge in [-0.15, -0.1) is 0 Å². The predicted molar refractivity (Wildman–Crippen MR) is 70.7 cm³/mol. The Balaban J connectivity index is 2.55. The third kappa shape index (κ3) is 4.62. The largest absolute Gasteiger partial charge is 0.384 e. The molecular weight excluding hydrogens is 198 g/mol. The van der Waals surface area contributed by atoms with Crippen molar-refractivity contribution in [1.29, 1.82) is 0 Å². The lowest BCUT2D eigenvalue weighted by Gasteiger charge is -2.08. The number of hydrogen-bond acceptors (Lipinski definition) is 2. The zero-order valence-electron chi connectivity index (χ0n) is 10.7. The van der Waals surface area contributed by atoms with Crippen LogP contribution in [-0.2, 0) is 0 Å². The third-order valence-electron chi connectivity index (χ3n) is 2.74. The van der Waals surface area contributed by atoms with Crippen LogP contribution in [-0.4, -0.2) is 37.9 Å². The number of nitrogens with two attached hydrogens (primary N) is 1. The lowest BCUT2D eigenvalue weighted by Crippen LogP contribution is -2.20. The van der Waals surface area contributed by atoms with Crippen molar-refractivity contribution >= 4 is 5.84 Å². The molecule has 3 nitrogen and oxygen atoms in total. The summed E-state index contributed by atoms with van der Waals surface area (Å²) in [4.78, 5) is 6.52. The van der Waals surface area contributed by atoms with Gasteiger partial charge in [0.2, 0.25) is 0 Å². The van der Waals surface area contributed by atoms with E-state index in [9.17, 15) is 0 Å². The molecular formula is C13H23N3. The van der Waals surface area contributed by atoms with Crippen molar-refractivity contribution in [2.45, 2.75) is 26.2 Å². The Morgan fingerprint density at radius 2 is 2.12 bits per heavy atom. The van der Waals surface area contributed by atoms with Crippen LogP contribution in [0.3, 0.4) is 0 Å². The third-order valence-corrected chi connectivity index (χ3v) is 2.74. The van der Waals surface area contributed by atoms with Gasteiger partial charge in [-0.1, -0.05) is 17.7 Å². The molecule has 0 saturated heterocycles. The number of likely N-dealkylation sites (N-methyl/N-ethyl adjacent to an activating group) is 1. The van der Waals surface area contributed by atoms with Crippen molar-refractivity contribution in [2.75, 3.05) is 27.2 Å². The van der Waals surface area contributed by atoms with Crippen molar-refractivity contribution in [3.63, 3.8) is 0 Å². The van der Waals surface area contributed by atoms with Crippen LogP contribution in [0.4, 0.5) is 0 Å². The molecule has 3 heteroatoms. The highest BCUT2D eigenvalue weighted by molar-refractivity contribution is 5.97. The molecule has 0 radical (unpaired) electrons. The molecule has 0 fully saturated rings. The minimum Gasteiger partial charge on any atom is -0.384 e. The molecule has 0 unspecified atom stereocenters. The Kier molecular flexibility index (Phi) is 5.26. The van der Waals surface area contributed by atoms with Gasteiger partial charge in [-0.05, 0) is 45.9 Å². The smallest absolute Gasteiger partial charge is 0.121 e. The first-order valence-corrected chi connectivity index (χ1v) is 5.91. The van der Waals surface area contributed by atoms with Gasteiger partial charge in [0.05, 0.1) is 6.54 Å². The van der Waals surface area contributed by atoms with Gasteiger partial charge >= 0.3 is 0 Å². The maximum absolute atomic E-state index is 5.98. The summed E-state index contributed by atoms with van der Waals surface area (Å²) in [5.74, 6) is 0.716. The van der Waals surface area contributed by atoms with Crippen LogP contribution in [0.2, 0.25) is 0 Å². The van der Waals surface area contributed by atoms with E-state index in [4.69, 9.17) is 5.73 Å². The lowest BCUT2D eigenvalue weighted by molar-refractivity contribution is 0.420. The Hall–Kier alpha value is -1.09. The van der Waals surface area contributed by atoms with Crippen LogP contribution in [0, 0.1) is 0 Å². The highest BCUT2D eigenvalue weighted by Gasteiger charge is 2.05. The normalized spacial score (nSPS) is 18.1. The molecule has 1 rings (SSSR count). The van der Waals surface area contributed by atoms with E-state index in [1.54, 1.807) is 0 Å². The van der Waals surface area contributed by atoms with Gasteiger partial charge in [0.15, 0.2) is 0 Å². The quantitative estimate of drug-likeness (QED) is 0.582. The Morgan fingerprint density at radius 1 is 1.38 bits per heavy atom. The number of nitrogens with zero attached hydrogens (tertiary/aromatic N) is 2. The standard InChI is InChI=1S/C13H23N3/c1-11-5-4-6-12(8-7-11)13(14)15-9-10-16(2)3/h7-8H,4-6,9-10H2,1-3H3,(H2,14,15). The zero-order chi connectivity index (χ0) is 12.0. The van der Waals surface area contributed by atoms with E-state index in [1.807, 2.05) is 14.1 Å². The zero-order valence-corrected chi connectivity index (χ0v) is 10.7. The second kappa shape index (κ2) is 6.48. The fraction of sp³-hybridized carbons (Fsp3) is 0.615. The summed E-state index contributed by atoms with van der Waals surface area (Å²) >= 11 is 0. The van der Waals surface area contributed by atoms with Gasteiger partial charge in [-0.25, -0.2) is 0 Å². The molecule has 0 saturated carbocycles. The van der Waals surface area contributed by atoms with Gasteiger partial charge in [-0.2, -0.15) is 0 Å². The highest BCUT2D eigenvalue weighted by Crippen LogP contribution is 2.17. The predicted octanol–water partition coefficient (Wildman–Crippen LogP) is 1.96. The van der Waals surface area contributed by atoms with Gasteiger partial charge in [0.1, 0.15) is 5.84 Å². The fourth-order valence-electron chi connectivity index (χ4n) is 1.65. The number of allylic oxidation sites excluding steroid dienone is 3. The van der Waals surface area contributed by atoms with Crippen molar-refractivity contribution in [3.8, 4) is 0 Å². The summed E-state index contributed by atoms with van der Waals surface area (Å²) in [7, 11) is 4.09. The van der Waals surface area contributed by atoms with Gasteiger partial charge in [0.25, 0.3) is 0 Å². The summed E-state index contributed by atoms with van der Waals surface area (Å²) in [6.07, 6.45) is 7.68. The molecule has 0 spiro atoms. The van der Waals surface area contributed by atoms with E-state index in [0.29, 0.717) is 5.84 Å². The molecule has 2 N–H and O–H groups in total. The molecule has 0 aromatic heterocycles. The summed E-state index contributed by atoms with van der Waals surface area (Å²) in [5, 5.41) is 0. The van der Waals surface area contributed by atoms with Crippen molar-refractivity contribution < 1.29 is 0 Å².